The molecule has 0 saturated heterocycles. The molecule has 0 aliphatic rings. The van der Waals surface area contributed by atoms with Crippen molar-refractivity contribution in [3.8, 4) is 5.75 Å². The highest BCUT2D eigenvalue weighted by atomic mass is 127. The van der Waals surface area contributed by atoms with Crippen LogP contribution in [0.2, 0.25) is 0 Å². The minimum Gasteiger partial charge on any atom is -0.489 e. The fourth-order valence-electron chi connectivity index (χ4n) is 1.68. The lowest BCUT2D eigenvalue weighted by molar-refractivity contribution is 0.199. The van der Waals surface area contributed by atoms with Gasteiger partial charge in [-0.15, -0.1) is 24.0 Å². The Kier molecular flexibility index (Phi) is 11.0. The Morgan fingerprint density at radius 2 is 2.10 bits per heavy atom. The summed E-state index contributed by atoms with van der Waals surface area (Å²) in [5.41, 5.74) is 0. The highest BCUT2D eigenvalue weighted by molar-refractivity contribution is 14.0. The van der Waals surface area contributed by atoms with Gasteiger partial charge in [0, 0.05) is 19.7 Å². The maximum Gasteiger partial charge on any atom is 0.191 e. The van der Waals surface area contributed by atoms with Gasteiger partial charge in [0.1, 0.15) is 17.7 Å². The normalized spacial score (nSPS) is 12.3. The van der Waals surface area contributed by atoms with Crippen molar-refractivity contribution in [1.29, 1.82) is 0 Å². The van der Waals surface area contributed by atoms with E-state index in [4.69, 9.17) is 4.74 Å². The van der Waals surface area contributed by atoms with Crippen molar-refractivity contribution >= 4 is 29.9 Å². The molecular formula is C15H25FIN3O. The maximum absolute atomic E-state index is 13.1. The van der Waals surface area contributed by atoms with Crippen molar-refractivity contribution in [2.75, 3.05) is 20.1 Å². The minimum atomic E-state index is -0.286. The maximum atomic E-state index is 13.1. The van der Waals surface area contributed by atoms with Gasteiger partial charge in [0.25, 0.3) is 0 Å². The molecule has 21 heavy (non-hydrogen) atoms. The van der Waals surface area contributed by atoms with Crippen LogP contribution in [0.3, 0.4) is 0 Å². The number of hydrogen-bond acceptors (Lipinski definition) is 2. The standard InChI is InChI=1S/C15H24FN3O.HI/c1-4-9-18-15(17-3)19-11-13(5-2)20-14-8-6-7-12(16)10-14;/h6-8,10,13H,4-5,9,11H2,1-3H3,(H2,17,18,19);1H. The van der Waals surface area contributed by atoms with E-state index in [0.717, 1.165) is 25.3 Å². The number of halogens is 2. The van der Waals surface area contributed by atoms with Crippen molar-refractivity contribution in [2.24, 2.45) is 4.99 Å². The second-order valence-electron chi connectivity index (χ2n) is 4.49. The number of guanidine groups is 1. The first-order valence-corrected chi connectivity index (χ1v) is 7.06. The predicted molar refractivity (Wildman–Crippen MR) is 96.2 cm³/mol. The predicted octanol–water partition coefficient (Wildman–Crippen LogP) is 3.18. The summed E-state index contributed by atoms with van der Waals surface area (Å²) in [6.45, 7) is 5.63. The third-order valence-electron chi connectivity index (χ3n) is 2.82. The fourth-order valence-corrected chi connectivity index (χ4v) is 1.68. The molecule has 1 aromatic carbocycles. The number of benzene rings is 1. The molecule has 1 atom stereocenters. The lowest BCUT2D eigenvalue weighted by atomic mass is 10.2. The highest BCUT2D eigenvalue weighted by Gasteiger charge is 2.09. The van der Waals surface area contributed by atoms with Crippen molar-refractivity contribution < 1.29 is 9.13 Å². The Labute approximate surface area is 143 Å². The molecule has 0 aliphatic carbocycles. The molecule has 2 N–H and O–H groups in total. The van der Waals surface area contributed by atoms with Gasteiger partial charge in [-0.25, -0.2) is 4.39 Å². The Balaban J connectivity index is 0.00000400. The topological polar surface area (TPSA) is 45.7 Å². The lowest BCUT2D eigenvalue weighted by Gasteiger charge is -2.19. The van der Waals surface area contributed by atoms with Crippen molar-refractivity contribution in [1.82, 2.24) is 10.6 Å². The zero-order valence-corrected chi connectivity index (χ0v) is 15.2. The minimum absolute atomic E-state index is 0. The van der Waals surface area contributed by atoms with E-state index in [-0.39, 0.29) is 35.9 Å². The second-order valence-corrected chi connectivity index (χ2v) is 4.49. The summed E-state index contributed by atoms with van der Waals surface area (Å²) in [5.74, 6) is 1.02. The van der Waals surface area contributed by atoms with Crippen molar-refractivity contribution in [2.45, 2.75) is 32.8 Å². The quantitative estimate of drug-likeness (QED) is 0.413. The third-order valence-corrected chi connectivity index (χ3v) is 2.82. The number of aliphatic imine (C=N–C) groups is 1. The average Bonchev–Trinajstić information content (AvgIpc) is 2.46. The van der Waals surface area contributed by atoms with E-state index in [9.17, 15) is 4.39 Å². The molecule has 0 aliphatic heterocycles. The second kappa shape index (κ2) is 11.6. The van der Waals surface area contributed by atoms with Gasteiger partial charge in [-0.2, -0.15) is 0 Å². The number of ether oxygens (including phenoxy) is 1. The zero-order valence-electron chi connectivity index (χ0n) is 12.9. The lowest BCUT2D eigenvalue weighted by Crippen LogP contribution is -2.42. The van der Waals surface area contributed by atoms with Crippen LogP contribution in [0.25, 0.3) is 0 Å². The molecule has 0 heterocycles. The highest BCUT2D eigenvalue weighted by Crippen LogP contribution is 2.14. The average molecular weight is 409 g/mol. The van der Waals surface area contributed by atoms with Gasteiger partial charge in [-0.1, -0.05) is 19.9 Å². The van der Waals surface area contributed by atoms with Gasteiger partial charge in [0.2, 0.25) is 0 Å². The van der Waals surface area contributed by atoms with E-state index in [1.54, 1.807) is 19.2 Å². The first-order valence-electron chi connectivity index (χ1n) is 7.06. The molecule has 120 valence electrons. The van der Waals surface area contributed by atoms with Gasteiger partial charge in [0.15, 0.2) is 5.96 Å². The number of nitrogens with one attached hydrogen (secondary N) is 2. The van der Waals surface area contributed by atoms with Crippen molar-refractivity contribution in [3.05, 3.63) is 30.1 Å². The third kappa shape index (κ3) is 8.08. The zero-order chi connectivity index (χ0) is 14.8. The molecule has 1 aromatic rings. The Hall–Kier alpha value is -1.05. The summed E-state index contributed by atoms with van der Waals surface area (Å²) in [6.07, 6.45) is 1.84. The number of rotatable bonds is 7. The number of nitrogens with zero attached hydrogens (tertiary/aromatic N) is 1. The summed E-state index contributed by atoms with van der Waals surface area (Å²) in [5, 5.41) is 6.41. The van der Waals surface area contributed by atoms with Crippen LogP contribution in [0.1, 0.15) is 26.7 Å². The molecule has 4 nitrogen and oxygen atoms in total. The summed E-state index contributed by atoms with van der Waals surface area (Å²) in [7, 11) is 1.74. The van der Waals surface area contributed by atoms with Crippen molar-refractivity contribution in [3.63, 3.8) is 0 Å². The molecule has 1 unspecified atom stereocenters. The largest absolute Gasteiger partial charge is 0.489 e. The number of hydrogen-bond donors (Lipinski definition) is 2. The Bertz CT molecular complexity index is 429. The van der Waals surface area contributed by atoms with E-state index in [2.05, 4.69) is 22.5 Å². The van der Waals surface area contributed by atoms with Crippen LogP contribution in [-0.2, 0) is 0 Å². The molecule has 0 saturated carbocycles. The van der Waals surface area contributed by atoms with Crippen LogP contribution >= 0.6 is 24.0 Å². The first-order chi connectivity index (χ1) is 9.69. The van der Waals surface area contributed by atoms with E-state index in [0.29, 0.717) is 12.3 Å². The van der Waals surface area contributed by atoms with Crippen LogP contribution in [-0.4, -0.2) is 32.2 Å². The molecule has 0 amide bonds. The van der Waals surface area contributed by atoms with Gasteiger partial charge in [-0.3, -0.25) is 4.99 Å². The van der Waals surface area contributed by atoms with Gasteiger partial charge in [-0.05, 0) is 25.0 Å². The Morgan fingerprint density at radius 3 is 2.67 bits per heavy atom. The first kappa shape index (κ1) is 19.9. The molecule has 0 fully saturated rings. The van der Waals surface area contributed by atoms with Gasteiger partial charge in [0.05, 0.1) is 6.54 Å². The summed E-state index contributed by atoms with van der Waals surface area (Å²) in [4.78, 5) is 4.13. The van der Waals surface area contributed by atoms with E-state index >= 15 is 0 Å². The van der Waals surface area contributed by atoms with Crippen LogP contribution < -0.4 is 15.4 Å². The SMILES string of the molecule is CCCNC(=NC)NCC(CC)Oc1cccc(F)c1.I. The molecule has 6 heteroatoms. The van der Waals surface area contributed by atoms with Gasteiger partial charge >= 0.3 is 0 Å². The summed E-state index contributed by atoms with van der Waals surface area (Å²) < 4.78 is 18.9. The smallest absolute Gasteiger partial charge is 0.191 e. The molecule has 1 rings (SSSR count). The summed E-state index contributed by atoms with van der Waals surface area (Å²) in [6, 6.07) is 6.21. The monoisotopic (exact) mass is 409 g/mol. The van der Waals surface area contributed by atoms with E-state index < -0.39 is 0 Å². The molecule has 0 aromatic heterocycles. The van der Waals surface area contributed by atoms with E-state index in [1.165, 1.54) is 12.1 Å². The van der Waals surface area contributed by atoms with Crippen LogP contribution in [0.15, 0.2) is 29.3 Å². The van der Waals surface area contributed by atoms with Crippen LogP contribution in [0.4, 0.5) is 4.39 Å². The summed E-state index contributed by atoms with van der Waals surface area (Å²) >= 11 is 0. The Morgan fingerprint density at radius 1 is 1.33 bits per heavy atom. The molecule has 0 radical (unpaired) electrons. The van der Waals surface area contributed by atoms with Gasteiger partial charge < -0.3 is 15.4 Å². The molecule has 0 spiro atoms. The molecular weight excluding hydrogens is 384 g/mol. The van der Waals surface area contributed by atoms with E-state index in [1.807, 2.05) is 6.92 Å². The molecule has 0 bridgehead atoms. The fraction of sp³-hybridized carbons (Fsp3) is 0.533. The van der Waals surface area contributed by atoms with Crippen LogP contribution in [0.5, 0.6) is 5.75 Å². The van der Waals surface area contributed by atoms with Crippen LogP contribution in [0, 0.1) is 5.82 Å².